The summed E-state index contributed by atoms with van der Waals surface area (Å²) in [6.07, 6.45) is 4.01. The van der Waals surface area contributed by atoms with Gasteiger partial charge in [0.25, 0.3) is 5.91 Å². The number of nitrogens with zero attached hydrogens (tertiary/aromatic N) is 3. The number of imidazole rings is 1. The first-order chi connectivity index (χ1) is 9.58. The van der Waals surface area contributed by atoms with E-state index in [1.165, 1.54) is 0 Å². The Labute approximate surface area is 127 Å². The Morgan fingerprint density at radius 1 is 1.40 bits per heavy atom. The minimum Gasteiger partial charge on any atom is -0.338 e. The molecule has 0 aliphatic rings. The van der Waals surface area contributed by atoms with Gasteiger partial charge in [-0.2, -0.15) is 0 Å². The lowest BCUT2D eigenvalue weighted by Crippen LogP contribution is -2.33. The van der Waals surface area contributed by atoms with E-state index >= 15 is 0 Å². The van der Waals surface area contributed by atoms with Gasteiger partial charge in [-0.25, -0.2) is 4.98 Å². The van der Waals surface area contributed by atoms with Crippen molar-refractivity contribution in [3.63, 3.8) is 0 Å². The van der Waals surface area contributed by atoms with E-state index in [2.05, 4.69) is 27.8 Å². The molecule has 0 unspecified atom stereocenters. The summed E-state index contributed by atoms with van der Waals surface area (Å²) in [7, 11) is 0. The first kappa shape index (κ1) is 15.0. The maximum absolute atomic E-state index is 12.7. The number of carbonyl (C=O) groups is 1. The number of aryl methyl sites for hydroxylation is 1. The van der Waals surface area contributed by atoms with E-state index < -0.39 is 0 Å². The lowest BCUT2D eigenvalue weighted by Gasteiger charge is -2.20. The van der Waals surface area contributed by atoms with Gasteiger partial charge in [0.2, 0.25) is 0 Å². The number of amides is 1. The van der Waals surface area contributed by atoms with Gasteiger partial charge >= 0.3 is 0 Å². The number of rotatable bonds is 5. The molecule has 108 valence electrons. The van der Waals surface area contributed by atoms with Crippen LogP contribution in [0, 0.1) is 6.92 Å². The highest BCUT2D eigenvalue weighted by molar-refractivity contribution is 9.10. The van der Waals surface area contributed by atoms with E-state index in [1.54, 1.807) is 0 Å². The zero-order valence-corrected chi connectivity index (χ0v) is 13.8. The summed E-state index contributed by atoms with van der Waals surface area (Å²) in [6, 6.07) is 3.85. The SMILES string of the molecule is CCCCN(CC)C(=O)c1c(C)nc2ccc(Br)cn12. The van der Waals surface area contributed by atoms with E-state index in [4.69, 9.17) is 0 Å². The van der Waals surface area contributed by atoms with Crippen molar-refractivity contribution >= 4 is 27.5 Å². The molecule has 0 spiro atoms. The first-order valence-electron chi connectivity index (χ1n) is 7.02. The highest BCUT2D eigenvalue weighted by atomic mass is 79.9. The van der Waals surface area contributed by atoms with Crippen LogP contribution in [0.15, 0.2) is 22.8 Å². The zero-order valence-electron chi connectivity index (χ0n) is 12.2. The quantitative estimate of drug-likeness (QED) is 0.834. The average Bonchev–Trinajstić information content (AvgIpc) is 2.74. The second kappa shape index (κ2) is 6.39. The molecule has 0 saturated heterocycles. The summed E-state index contributed by atoms with van der Waals surface area (Å²) >= 11 is 3.45. The molecule has 0 aliphatic carbocycles. The number of hydrogen-bond acceptors (Lipinski definition) is 2. The van der Waals surface area contributed by atoms with Crippen molar-refractivity contribution in [3.05, 3.63) is 34.2 Å². The fourth-order valence-electron chi connectivity index (χ4n) is 2.30. The van der Waals surface area contributed by atoms with Crippen molar-refractivity contribution in [1.82, 2.24) is 14.3 Å². The molecule has 0 saturated carbocycles. The minimum atomic E-state index is 0.0593. The van der Waals surface area contributed by atoms with Gasteiger partial charge in [-0.1, -0.05) is 13.3 Å². The van der Waals surface area contributed by atoms with E-state index in [1.807, 2.05) is 41.5 Å². The van der Waals surface area contributed by atoms with Crippen molar-refractivity contribution < 1.29 is 4.79 Å². The molecular formula is C15H20BrN3O. The number of carbonyl (C=O) groups excluding carboxylic acids is 1. The lowest BCUT2D eigenvalue weighted by atomic mass is 10.2. The third-order valence-electron chi connectivity index (χ3n) is 3.41. The van der Waals surface area contributed by atoms with Gasteiger partial charge < -0.3 is 4.90 Å². The molecule has 5 heteroatoms. The second-order valence-electron chi connectivity index (χ2n) is 4.86. The smallest absolute Gasteiger partial charge is 0.272 e. The number of halogens is 1. The Kier molecular flexibility index (Phi) is 4.81. The van der Waals surface area contributed by atoms with Gasteiger partial charge in [0.1, 0.15) is 11.3 Å². The van der Waals surface area contributed by atoms with Gasteiger partial charge in [-0.05, 0) is 48.3 Å². The van der Waals surface area contributed by atoms with Crippen LogP contribution in [0.25, 0.3) is 5.65 Å². The summed E-state index contributed by atoms with van der Waals surface area (Å²) in [5.41, 5.74) is 2.25. The van der Waals surface area contributed by atoms with E-state index in [-0.39, 0.29) is 5.91 Å². The standard InChI is InChI=1S/C15H20BrN3O/c1-4-6-9-18(5-2)15(20)14-11(3)17-13-8-7-12(16)10-19(13)14/h7-8,10H,4-6,9H2,1-3H3. The summed E-state index contributed by atoms with van der Waals surface area (Å²) in [6.45, 7) is 7.56. The third-order valence-corrected chi connectivity index (χ3v) is 3.88. The second-order valence-corrected chi connectivity index (χ2v) is 5.78. The molecule has 0 radical (unpaired) electrons. The largest absolute Gasteiger partial charge is 0.338 e. The van der Waals surface area contributed by atoms with E-state index in [0.29, 0.717) is 5.69 Å². The molecule has 1 amide bonds. The number of fused-ring (bicyclic) bond motifs is 1. The highest BCUT2D eigenvalue weighted by Gasteiger charge is 2.21. The minimum absolute atomic E-state index is 0.0593. The van der Waals surface area contributed by atoms with Crippen LogP contribution in [-0.2, 0) is 0 Å². The van der Waals surface area contributed by atoms with Crippen molar-refractivity contribution in [1.29, 1.82) is 0 Å². The molecule has 0 aliphatic heterocycles. The molecule has 2 aromatic heterocycles. The Balaban J connectivity index is 2.42. The molecule has 0 fully saturated rings. The van der Waals surface area contributed by atoms with Gasteiger partial charge in [0.15, 0.2) is 0 Å². The molecule has 0 N–H and O–H groups in total. The Morgan fingerprint density at radius 3 is 2.80 bits per heavy atom. The van der Waals surface area contributed by atoms with Crippen LogP contribution in [0.5, 0.6) is 0 Å². The lowest BCUT2D eigenvalue weighted by molar-refractivity contribution is 0.0754. The predicted octanol–water partition coefficient (Wildman–Crippen LogP) is 3.67. The first-order valence-corrected chi connectivity index (χ1v) is 7.81. The van der Waals surface area contributed by atoms with E-state index in [9.17, 15) is 4.79 Å². The fraction of sp³-hybridized carbons (Fsp3) is 0.467. The molecule has 0 atom stereocenters. The topological polar surface area (TPSA) is 37.6 Å². The van der Waals surface area contributed by atoms with Crippen molar-refractivity contribution in [2.75, 3.05) is 13.1 Å². The van der Waals surface area contributed by atoms with Crippen molar-refractivity contribution in [2.45, 2.75) is 33.6 Å². The Bertz CT molecular complexity index is 621. The van der Waals surface area contributed by atoms with Crippen LogP contribution in [0.4, 0.5) is 0 Å². The molecule has 4 nitrogen and oxygen atoms in total. The summed E-state index contributed by atoms with van der Waals surface area (Å²) < 4.78 is 2.81. The third kappa shape index (κ3) is 2.87. The molecule has 2 heterocycles. The number of hydrogen-bond donors (Lipinski definition) is 0. The number of aromatic nitrogens is 2. The van der Waals surface area contributed by atoms with Crippen LogP contribution >= 0.6 is 15.9 Å². The van der Waals surface area contributed by atoms with Crippen molar-refractivity contribution in [3.8, 4) is 0 Å². The van der Waals surface area contributed by atoms with Crippen LogP contribution in [-0.4, -0.2) is 33.3 Å². The van der Waals surface area contributed by atoms with Crippen LogP contribution in [0.2, 0.25) is 0 Å². The number of unbranched alkanes of at least 4 members (excludes halogenated alkanes) is 1. The predicted molar refractivity (Wildman–Crippen MR) is 84.1 cm³/mol. The average molecular weight is 338 g/mol. The van der Waals surface area contributed by atoms with Crippen LogP contribution in [0.3, 0.4) is 0 Å². The van der Waals surface area contributed by atoms with E-state index in [0.717, 1.165) is 41.7 Å². The zero-order chi connectivity index (χ0) is 14.7. The van der Waals surface area contributed by atoms with Gasteiger partial charge in [0, 0.05) is 23.8 Å². The fourth-order valence-corrected chi connectivity index (χ4v) is 2.63. The summed E-state index contributed by atoms with van der Waals surface area (Å²) in [4.78, 5) is 19.1. The van der Waals surface area contributed by atoms with Gasteiger partial charge in [-0.3, -0.25) is 9.20 Å². The summed E-state index contributed by atoms with van der Waals surface area (Å²) in [5.74, 6) is 0.0593. The molecular weight excluding hydrogens is 318 g/mol. The number of pyridine rings is 1. The Hall–Kier alpha value is -1.36. The monoisotopic (exact) mass is 337 g/mol. The molecule has 2 aromatic rings. The van der Waals surface area contributed by atoms with Gasteiger partial charge in [-0.15, -0.1) is 0 Å². The molecule has 0 aromatic carbocycles. The van der Waals surface area contributed by atoms with Crippen LogP contribution < -0.4 is 0 Å². The maximum Gasteiger partial charge on any atom is 0.272 e. The maximum atomic E-state index is 12.7. The van der Waals surface area contributed by atoms with Crippen molar-refractivity contribution in [2.24, 2.45) is 0 Å². The molecule has 0 bridgehead atoms. The van der Waals surface area contributed by atoms with Gasteiger partial charge in [0.05, 0.1) is 5.69 Å². The molecule has 2 rings (SSSR count). The normalized spacial score (nSPS) is 11.0. The summed E-state index contributed by atoms with van der Waals surface area (Å²) in [5, 5.41) is 0. The Morgan fingerprint density at radius 2 is 2.15 bits per heavy atom. The highest BCUT2D eigenvalue weighted by Crippen LogP contribution is 2.18. The molecule has 20 heavy (non-hydrogen) atoms. The van der Waals surface area contributed by atoms with Crippen LogP contribution in [0.1, 0.15) is 42.9 Å².